The molecular weight excluding hydrogens is 554 g/mol. The highest BCUT2D eigenvalue weighted by molar-refractivity contribution is 6.74. The van der Waals surface area contributed by atoms with E-state index in [1.165, 1.54) is 7.11 Å². The smallest absolute Gasteiger partial charge is 0.337 e. The molecule has 4 rings (SSSR count). The van der Waals surface area contributed by atoms with E-state index >= 15 is 0 Å². The maximum atomic E-state index is 14.0. The summed E-state index contributed by atoms with van der Waals surface area (Å²) in [7, 11) is -0.452. The Morgan fingerprint density at radius 1 is 1.09 bits per heavy atom. The summed E-state index contributed by atoms with van der Waals surface area (Å²) in [5.41, 5.74) is 4.40. The van der Waals surface area contributed by atoms with Gasteiger partial charge < -0.3 is 19.4 Å². The first-order valence-corrected chi connectivity index (χ1v) is 18.5. The van der Waals surface area contributed by atoms with Crippen LogP contribution in [0.1, 0.15) is 85.7 Å². The van der Waals surface area contributed by atoms with Crippen LogP contribution >= 0.6 is 0 Å². The Kier molecular flexibility index (Phi) is 10.0. The molecule has 3 aromatic rings. The number of aromatic nitrogens is 1. The molecule has 43 heavy (non-hydrogen) atoms. The summed E-state index contributed by atoms with van der Waals surface area (Å²) >= 11 is 0. The first-order chi connectivity index (χ1) is 20.2. The fourth-order valence-electron chi connectivity index (χ4n) is 5.40. The lowest BCUT2D eigenvalue weighted by Gasteiger charge is -2.42. The second kappa shape index (κ2) is 13.2. The summed E-state index contributed by atoms with van der Waals surface area (Å²) in [6.07, 6.45) is 3.80. The Labute approximate surface area is 258 Å². The number of amides is 1. The number of carbonyl (C=O) groups is 2. The van der Waals surface area contributed by atoms with Gasteiger partial charge in [0.2, 0.25) is 0 Å². The molecule has 2 aromatic carbocycles. The average Bonchev–Trinajstić information content (AvgIpc) is 2.95. The Morgan fingerprint density at radius 3 is 2.40 bits per heavy atom. The van der Waals surface area contributed by atoms with Crippen molar-refractivity contribution in [2.24, 2.45) is 5.92 Å². The lowest BCUT2D eigenvalue weighted by molar-refractivity contribution is 0.0600. The van der Waals surface area contributed by atoms with E-state index in [2.05, 4.69) is 57.9 Å². The van der Waals surface area contributed by atoms with Crippen LogP contribution in [0.25, 0.3) is 10.9 Å². The summed E-state index contributed by atoms with van der Waals surface area (Å²) in [5.74, 6) is 0.729. The zero-order chi connectivity index (χ0) is 31.5. The maximum absolute atomic E-state index is 14.0. The minimum Gasteiger partial charge on any atom is -0.465 e. The number of hydrogen-bond acceptors (Lipinski definition) is 6. The van der Waals surface area contributed by atoms with E-state index in [1.54, 1.807) is 6.07 Å². The number of methoxy groups -OCH3 is 1. The monoisotopic (exact) mass is 603 g/mol. The summed E-state index contributed by atoms with van der Waals surface area (Å²) in [6, 6.07) is 13.4. The van der Waals surface area contributed by atoms with Gasteiger partial charge in [0, 0.05) is 30.3 Å². The maximum Gasteiger partial charge on any atom is 0.337 e. The van der Waals surface area contributed by atoms with Gasteiger partial charge in [0.05, 0.1) is 23.8 Å². The Bertz CT molecular complexity index is 1470. The van der Waals surface area contributed by atoms with E-state index < -0.39 is 8.32 Å². The van der Waals surface area contributed by atoms with Gasteiger partial charge in [-0.1, -0.05) is 52.8 Å². The highest BCUT2D eigenvalue weighted by Gasteiger charge is 2.39. The topological polar surface area (TPSA) is 80.8 Å². The van der Waals surface area contributed by atoms with Gasteiger partial charge in [-0.25, -0.2) is 9.78 Å². The molecule has 7 nitrogen and oxygen atoms in total. The lowest BCUT2D eigenvalue weighted by atomic mass is 9.96. The first kappa shape index (κ1) is 32.7. The number of piperidine rings is 1. The van der Waals surface area contributed by atoms with Gasteiger partial charge in [-0.15, -0.1) is 0 Å². The molecular formula is C35H49N3O4Si. The van der Waals surface area contributed by atoms with Crippen LogP contribution in [-0.2, 0) is 15.6 Å². The number of ether oxygens (including phenoxy) is 1. The number of nitrogens with zero attached hydrogens (tertiary/aromatic N) is 2. The van der Waals surface area contributed by atoms with Crippen molar-refractivity contribution in [1.29, 1.82) is 0 Å². The molecule has 0 spiro atoms. The Balaban J connectivity index is 1.62. The second-order valence-corrected chi connectivity index (χ2v) is 18.6. The molecule has 0 radical (unpaired) electrons. The minimum absolute atomic E-state index is 0.179. The molecule has 0 saturated carbocycles. The molecule has 1 saturated heterocycles. The number of fused-ring (bicyclic) bond motifs is 1. The Morgan fingerprint density at radius 2 is 1.77 bits per heavy atom. The van der Waals surface area contributed by atoms with Gasteiger partial charge in [0.15, 0.2) is 8.32 Å². The van der Waals surface area contributed by atoms with Gasteiger partial charge >= 0.3 is 5.97 Å². The predicted octanol–water partition coefficient (Wildman–Crippen LogP) is 8.16. The van der Waals surface area contributed by atoms with Crippen molar-refractivity contribution in [3.05, 3.63) is 64.7 Å². The fourth-order valence-corrected chi connectivity index (χ4v) is 6.83. The van der Waals surface area contributed by atoms with Crippen molar-refractivity contribution in [1.82, 2.24) is 4.98 Å². The van der Waals surface area contributed by atoms with Gasteiger partial charge in [0.1, 0.15) is 5.82 Å². The molecule has 1 amide bonds. The van der Waals surface area contributed by atoms with E-state index in [1.807, 2.05) is 43.3 Å². The van der Waals surface area contributed by atoms with Crippen molar-refractivity contribution in [2.45, 2.75) is 91.5 Å². The van der Waals surface area contributed by atoms with Crippen LogP contribution in [0.2, 0.25) is 18.1 Å². The molecule has 1 aliphatic heterocycles. The van der Waals surface area contributed by atoms with E-state index in [9.17, 15) is 9.59 Å². The minimum atomic E-state index is -1.84. The number of carbonyl (C=O) groups excluding carboxylic acids is 2. The molecule has 1 aromatic heterocycles. The third kappa shape index (κ3) is 7.65. The number of anilines is 2. The molecule has 0 unspecified atom stereocenters. The number of benzene rings is 2. The largest absolute Gasteiger partial charge is 0.465 e. The number of nitrogens with one attached hydrogen (secondary N) is 1. The highest BCUT2D eigenvalue weighted by Crippen LogP contribution is 2.39. The predicted molar refractivity (Wildman–Crippen MR) is 179 cm³/mol. The number of para-hydroxylation sites is 1. The zero-order valence-corrected chi connectivity index (χ0v) is 28.5. The number of rotatable bonds is 9. The SMILES string of the molecule is COC(=O)c1cc(C)c(NC(=O)c2cc(N3CCC(O[Si](C)(C)C(C)(C)C)CC3)nc3ccccc23)c(CCC(C)C)c1. The quantitative estimate of drug-likeness (QED) is 0.196. The third-order valence-electron chi connectivity index (χ3n) is 9.05. The Hall–Kier alpha value is -3.23. The normalized spacial score (nSPS) is 14.8. The van der Waals surface area contributed by atoms with E-state index in [4.69, 9.17) is 14.1 Å². The molecule has 1 N–H and O–H groups in total. The summed E-state index contributed by atoms with van der Waals surface area (Å²) in [5, 5.41) is 4.21. The van der Waals surface area contributed by atoms with E-state index in [0.717, 1.165) is 72.3 Å². The fraction of sp³-hybridized carbons (Fsp3) is 0.514. The highest BCUT2D eigenvalue weighted by atomic mass is 28.4. The van der Waals surface area contributed by atoms with Crippen LogP contribution in [0.5, 0.6) is 0 Å². The molecule has 0 aliphatic carbocycles. The number of hydrogen-bond donors (Lipinski definition) is 1. The van der Waals surface area contributed by atoms with Crippen LogP contribution < -0.4 is 10.2 Å². The van der Waals surface area contributed by atoms with Crippen LogP contribution in [0.4, 0.5) is 11.5 Å². The van der Waals surface area contributed by atoms with Crippen molar-refractivity contribution < 1.29 is 18.8 Å². The molecule has 232 valence electrons. The van der Waals surface area contributed by atoms with E-state index in [0.29, 0.717) is 17.0 Å². The average molecular weight is 604 g/mol. The van der Waals surface area contributed by atoms with Crippen molar-refractivity contribution >= 4 is 42.6 Å². The molecule has 1 aliphatic rings. The summed E-state index contributed by atoms with van der Waals surface area (Å²) < 4.78 is 11.7. The van der Waals surface area contributed by atoms with E-state index in [-0.39, 0.29) is 23.0 Å². The lowest BCUT2D eigenvalue weighted by Crippen LogP contribution is -2.47. The van der Waals surface area contributed by atoms with Gasteiger partial charge in [-0.2, -0.15) is 0 Å². The number of pyridine rings is 1. The second-order valence-electron chi connectivity index (χ2n) is 13.8. The van der Waals surface area contributed by atoms with Crippen molar-refractivity contribution in [2.75, 3.05) is 30.4 Å². The third-order valence-corrected chi connectivity index (χ3v) is 13.6. The zero-order valence-electron chi connectivity index (χ0n) is 27.5. The molecule has 8 heteroatoms. The van der Waals surface area contributed by atoms with Gasteiger partial charge in [-0.05, 0) is 92.0 Å². The number of aryl methyl sites for hydroxylation is 2. The van der Waals surface area contributed by atoms with Crippen LogP contribution in [-0.4, -0.2) is 51.5 Å². The first-order valence-electron chi connectivity index (χ1n) is 15.6. The van der Waals surface area contributed by atoms with Crippen LogP contribution in [0, 0.1) is 12.8 Å². The summed E-state index contributed by atoms with van der Waals surface area (Å²) in [6.45, 7) is 19.4. The molecule has 0 atom stereocenters. The van der Waals surface area contributed by atoms with Crippen LogP contribution in [0.3, 0.4) is 0 Å². The standard InChI is InChI=1S/C35H49N3O4Si/c1-23(2)14-15-25-21-26(34(40)41-7)20-24(3)32(25)37-33(39)29-22-31(36-30-13-11-10-12-28(29)30)38-18-16-27(17-19-38)42-43(8,9)35(4,5)6/h10-13,20-23,27H,14-19H2,1-9H3,(H,37,39). The van der Waals surface area contributed by atoms with Crippen molar-refractivity contribution in [3.8, 4) is 0 Å². The number of esters is 1. The molecule has 1 fully saturated rings. The van der Waals surface area contributed by atoms with Gasteiger partial charge in [-0.3, -0.25) is 4.79 Å². The summed E-state index contributed by atoms with van der Waals surface area (Å²) in [4.78, 5) is 33.6. The molecule has 2 heterocycles. The van der Waals surface area contributed by atoms with Crippen LogP contribution in [0.15, 0.2) is 42.5 Å². The van der Waals surface area contributed by atoms with Crippen molar-refractivity contribution in [3.63, 3.8) is 0 Å². The molecule has 0 bridgehead atoms. The van der Waals surface area contributed by atoms with Gasteiger partial charge in [0.25, 0.3) is 5.91 Å².